The van der Waals surface area contributed by atoms with Gasteiger partial charge in [-0.3, -0.25) is 0 Å². The standard InChI is InChI=1S/C22H26F3N5O3/c23-22(24,25)17-3-1-14(2-4-17)15-11-16(18-27-19(33-28-18)21(26)5-6-21)13-30(12-15)20(31)29-7-9-32-10-8-29/h1-4,15-16H,5-13,26H2. The predicted octanol–water partition coefficient (Wildman–Crippen LogP) is 3.06. The third-order valence-corrected chi connectivity index (χ3v) is 6.73. The van der Waals surface area contributed by atoms with Crippen LogP contribution in [0.1, 0.15) is 53.9 Å². The zero-order valence-electron chi connectivity index (χ0n) is 18.1. The molecule has 178 valence electrons. The summed E-state index contributed by atoms with van der Waals surface area (Å²) < 4.78 is 49.8. The van der Waals surface area contributed by atoms with Crippen LogP contribution in [0, 0.1) is 0 Å². The van der Waals surface area contributed by atoms with Gasteiger partial charge in [0.25, 0.3) is 0 Å². The number of urea groups is 1. The Labute approximate surface area is 188 Å². The van der Waals surface area contributed by atoms with Crippen molar-refractivity contribution in [1.29, 1.82) is 0 Å². The number of ether oxygens (including phenoxy) is 1. The minimum absolute atomic E-state index is 0.110. The Kier molecular flexibility index (Phi) is 5.56. The number of alkyl halides is 3. The first kappa shape index (κ1) is 22.1. The van der Waals surface area contributed by atoms with E-state index in [1.807, 2.05) is 0 Å². The lowest BCUT2D eigenvalue weighted by Gasteiger charge is -2.40. The molecule has 33 heavy (non-hydrogen) atoms. The number of carbonyl (C=O) groups is 1. The number of aromatic nitrogens is 2. The third kappa shape index (κ3) is 4.56. The van der Waals surface area contributed by atoms with Crippen LogP contribution in [0.15, 0.2) is 28.8 Å². The summed E-state index contributed by atoms with van der Waals surface area (Å²) in [6.45, 7) is 2.80. The lowest BCUT2D eigenvalue weighted by molar-refractivity contribution is -0.137. The highest BCUT2D eigenvalue weighted by Gasteiger charge is 2.46. The number of hydrogen-bond donors (Lipinski definition) is 1. The summed E-state index contributed by atoms with van der Waals surface area (Å²) >= 11 is 0. The van der Waals surface area contributed by atoms with Crippen LogP contribution in [0.25, 0.3) is 0 Å². The lowest BCUT2D eigenvalue weighted by Crippen LogP contribution is -2.52. The smallest absolute Gasteiger partial charge is 0.378 e. The number of piperidine rings is 1. The van der Waals surface area contributed by atoms with E-state index in [1.165, 1.54) is 12.1 Å². The maximum Gasteiger partial charge on any atom is 0.416 e. The molecular weight excluding hydrogens is 439 g/mol. The predicted molar refractivity (Wildman–Crippen MR) is 110 cm³/mol. The molecule has 1 aliphatic carbocycles. The highest BCUT2D eigenvalue weighted by molar-refractivity contribution is 5.75. The summed E-state index contributed by atoms with van der Waals surface area (Å²) in [6.07, 6.45) is -2.23. The number of rotatable bonds is 3. The zero-order chi connectivity index (χ0) is 23.2. The van der Waals surface area contributed by atoms with Gasteiger partial charge in [0.15, 0.2) is 5.82 Å². The Balaban J connectivity index is 1.40. The summed E-state index contributed by atoms with van der Waals surface area (Å²) in [5.74, 6) is 0.514. The molecule has 0 spiro atoms. The van der Waals surface area contributed by atoms with Gasteiger partial charge in [0.2, 0.25) is 5.89 Å². The third-order valence-electron chi connectivity index (χ3n) is 6.73. The first-order valence-corrected chi connectivity index (χ1v) is 11.1. The van der Waals surface area contributed by atoms with Gasteiger partial charge in [0, 0.05) is 38.0 Å². The van der Waals surface area contributed by atoms with Crippen LogP contribution in [0.3, 0.4) is 0 Å². The monoisotopic (exact) mass is 465 g/mol. The van der Waals surface area contributed by atoms with Crippen LogP contribution in [0.2, 0.25) is 0 Å². The van der Waals surface area contributed by atoms with Crippen LogP contribution < -0.4 is 5.73 Å². The SMILES string of the molecule is NC1(c2nc(C3CC(c4ccc(C(F)(F)F)cc4)CN(C(=O)N4CCOCC4)C3)no2)CC1. The van der Waals surface area contributed by atoms with E-state index in [9.17, 15) is 18.0 Å². The summed E-state index contributed by atoms with van der Waals surface area (Å²) in [5.41, 5.74) is 5.67. The number of amides is 2. The summed E-state index contributed by atoms with van der Waals surface area (Å²) in [7, 11) is 0. The quantitative estimate of drug-likeness (QED) is 0.748. The molecule has 2 unspecified atom stereocenters. The van der Waals surface area contributed by atoms with Gasteiger partial charge in [0.05, 0.1) is 24.3 Å². The number of likely N-dealkylation sites (tertiary alicyclic amines) is 1. The Hall–Kier alpha value is -2.66. The molecule has 1 aromatic heterocycles. The minimum Gasteiger partial charge on any atom is -0.378 e. The lowest BCUT2D eigenvalue weighted by atomic mass is 9.84. The second-order valence-electron chi connectivity index (χ2n) is 9.15. The first-order chi connectivity index (χ1) is 15.7. The fraction of sp³-hybridized carbons (Fsp3) is 0.591. The van der Waals surface area contributed by atoms with Crippen LogP contribution in [0.5, 0.6) is 0 Å². The molecular formula is C22H26F3N5O3. The molecule has 2 amide bonds. The summed E-state index contributed by atoms with van der Waals surface area (Å²) in [6, 6.07) is 5.05. The van der Waals surface area contributed by atoms with Crippen molar-refractivity contribution in [2.75, 3.05) is 39.4 Å². The van der Waals surface area contributed by atoms with Crippen molar-refractivity contribution in [1.82, 2.24) is 19.9 Å². The maximum absolute atomic E-state index is 13.2. The van der Waals surface area contributed by atoms with Gasteiger partial charge in [-0.25, -0.2) is 4.79 Å². The molecule has 0 radical (unpaired) electrons. The number of halogens is 3. The van der Waals surface area contributed by atoms with Gasteiger partial charge < -0.3 is 24.8 Å². The summed E-state index contributed by atoms with van der Waals surface area (Å²) in [4.78, 5) is 21.2. The Morgan fingerprint density at radius 3 is 2.36 bits per heavy atom. The molecule has 2 aliphatic heterocycles. The second-order valence-corrected chi connectivity index (χ2v) is 9.15. The number of benzene rings is 1. The zero-order valence-corrected chi connectivity index (χ0v) is 18.1. The summed E-state index contributed by atoms with van der Waals surface area (Å²) in [5, 5.41) is 4.14. The van der Waals surface area contributed by atoms with Crippen molar-refractivity contribution >= 4 is 6.03 Å². The number of hydrogen-bond acceptors (Lipinski definition) is 6. The van der Waals surface area contributed by atoms with E-state index in [1.54, 1.807) is 9.80 Å². The highest BCUT2D eigenvalue weighted by Crippen LogP contribution is 2.43. The molecule has 2 saturated heterocycles. The van der Waals surface area contributed by atoms with Crippen molar-refractivity contribution in [2.45, 2.75) is 42.8 Å². The number of morpholine rings is 1. The normalized spacial score (nSPS) is 25.2. The molecule has 2 atom stereocenters. The fourth-order valence-corrected chi connectivity index (χ4v) is 4.53. The van der Waals surface area contributed by atoms with Gasteiger partial charge in [-0.1, -0.05) is 17.3 Å². The first-order valence-electron chi connectivity index (χ1n) is 11.1. The molecule has 11 heteroatoms. The number of nitrogens with two attached hydrogens (primary N) is 1. The van der Waals surface area contributed by atoms with Gasteiger partial charge >= 0.3 is 12.2 Å². The van der Waals surface area contributed by atoms with Crippen molar-refractivity contribution in [3.05, 3.63) is 47.1 Å². The minimum atomic E-state index is -4.39. The van der Waals surface area contributed by atoms with Gasteiger partial charge in [-0.05, 0) is 37.0 Å². The average molecular weight is 465 g/mol. The Bertz CT molecular complexity index is 999. The Morgan fingerprint density at radius 1 is 1.06 bits per heavy atom. The number of carbonyl (C=O) groups excluding carboxylic acids is 1. The van der Waals surface area contributed by atoms with E-state index in [0.29, 0.717) is 57.5 Å². The second kappa shape index (κ2) is 8.28. The molecule has 3 aliphatic rings. The van der Waals surface area contributed by atoms with Crippen LogP contribution in [-0.2, 0) is 16.5 Å². The highest BCUT2D eigenvalue weighted by atomic mass is 19.4. The molecule has 1 saturated carbocycles. The van der Waals surface area contributed by atoms with E-state index in [2.05, 4.69) is 10.1 Å². The van der Waals surface area contributed by atoms with Gasteiger partial charge in [0.1, 0.15) is 0 Å². The molecule has 1 aromatic carbocycles. The topological polar surface area (TPSA) is 97.7 Å². The molecule has 2 aromatic rings. The van der Waals surface area contributed by atoms with Crippen molar-refractivity contribution < 1.29 is 27.2 Å². The van der Waals surface area contributed by atoms with E-state index in [-0.39, 0.29) is 17.9 Å². The molecule has 2 N–H and O–H groups in total. The van der Waals surface area contributed by atoms with E-state index < -0.39 is 17.3 Å². The molecule has 8 nitrogen and oxygen atoms in total. The van der Waals surface area contributed by atoms with Crippen LogP contribution >= 0.6 is 0 Å². The van der Waals surface area contributed by atoms with Crippen LogP contribution in [0.4, 0.5) is 18.0 Å². The Morgan fingerprint density at radius 2 is 1.73 bits per heavy atom. The van der Waals surface area contributed by atoms with Gasteiger partial charge in [-0.2, -0.15) is 18.2 Å². The fourth-order valence-electron chi connectivity index (χ4n) is 4.53. The number of nitrogens with zero attached hydrogens (tertiary/aromatic N) is 4. The van der Waals surface area contributed by atoms with Crippen molar-refractivity contribution in [3.8, 4) is 0 Å². The van der Waals surface area contributed by atoms with E-state index in [4.69, 9.17) is 15.0 Å². The van der Waals surface area contributed by atoms with Crippen molar-refractivity contribution in [2.24, 2.45) is 5.73 Å². The molecule has 0 bridgehead atoms. The van der Waals surface area contributed by atoms with Crippen molar-refractivity contribution in [3.63, 3.8) is 0 Å². The molecule has 3 fully saturated rings. The largest absolute Gasteiger partial charge is 0.416 e. The van der Waals surface area contributed by atoms with Crippen LogP contribution in [-0.4, -0.2) is 65.4 Å². The average Bonchev–Trinajstić information content (AvgIpc) is 3.37. The molecule has 3 heterocycles. The molecule has 5 rings (SSSR count). The maximum atomic E-state index is 13.2. The van der Waals surface area contributed by atoms with E-state index in [0.717, 1.165) is 30.5 Å². The van der Waals surface area contributed by atoms with Gasteiger partial charge in [-0.15, -0.1) is 0 Å². The van der Waals surface area contributed by atoms with E-state index >= 15 is 0 Å².